The van der Waals surface area contributed by atoms with Crippen molar-refractivity contribution in [3.05, 3.63) is 101 Å². The quantitative estimate of drug-likeness (QED) is 0.345. The normalized spacial score (nSPS) is 13.5. The van der Waals surface area contributed by atoms with Crippen molar-refractivity contribution in [2.24, 2.45) is 0 Å². The molecule has 0 saturated carbocycles. The maximum absolute atomic E-state index is 13.0. The molecule has 0 amide bonds. The van der Waals surface area contributed by atoms with Gasteiger partial charge < -0.3 is 9.30 Å². The summed E-state index contributed by atoms with van der Waals surface area (Å²) in [7, 11) is 1.70. The first-order valence-corrected chi connectivity index (χ1v) is 11.8. The van der Waals surface area contributed by atoms with Crippen LogP contribution in [0.5, 0.6) is 5.75 Å². The average molecular weight is 439 g/mol. The van der Waals surface area contributed by atoms with Gasteiger partial charge in [-0.2, -0.15) is 0 Å². The van der Waals surface area contributed by atoms with Crippen LogP contribution >= 0.6 is 0 Å². The molecule has 1 heterocycles. The van der Waals surface area contributed by atoms with E-state index in [0.717, 1.165) is 61.4 Å². The average Bonchev–Trinajstić information content (AvgIpc) is 3.18. The molecule has 4 heteroatoms. The molecular weight excluding hydrogens is 408 g/mol. The van der Waals surface area contributed by atoms with Gasteiger partial charge in [0.2, 0.25) is 0 Å². The number of carbonyl (C=O) groups excluding carboxylic acids is 1. The van der Waals surface area contributed by atoms with Crippen molar-refractivity contribution < 1.29 is 9.53 Å². The number of Topliss-reactive ketones (excluding diaryl/α,β-unsaturated/α-hetero) is 1. The molecule has 0 fully saturated rings. The lowest BCUT2D eigenvalue weighted by Gasteiger charge is -2.24. The summed E-state index contributed by atoms with van der Waals surface area (Å²) < 4.78 is 7.74. The maximum atomic E-state index is 13.0. The number of aromatic nitrogens is 1. The van der Waals surface area contributed by atoms with Gasteiger partial charge in [-0.15, -0.1) is 0 Å². The van der Waals surface area contributed by atoms with E-state index in [9.17, 15) is 4.79 Å². The first-order chi connectivity index (χ1) is 16.2. The van der Waals surface area contributed by atoms with Gasteiger partial charge in [0.15, 0.2) is 5.78 Å². The Balaban J connectivity index is 1.46. The maximum Gasteiger partial charge on any atom is 0.179 e. The second-order valence-electron chi connectivity index (χ2n) is 8.82. The molecule has 0 N–H and O–H groups in total. The van der Waals surface area contributed by atoms with Crippen molar-refractivity contribution >= 4 is 16.7 Å². The van der Waals surface area contributed by atoms with Crippen LogP contribution in [-0.4, -0.2) is 28.9 Å². The Morgan fingerprint density at radius 3 is 2.18 bits per heavy atom. The zero-order valence-corrected chi connectivity index (χ0v) is 19.2. The Hall–Kier alpha value is -3.37. The number of aryl methyl sites for hydroxylation is 1. The summed E-state index contributed by atoms with van der Waals surface area (Å²) in [5, 5.41) is 1.16. The van der Waals surface area contributed by atoms with Gasteiger partial charge in [0.05, 0.1) is 12.8 Å². The third kappa shape index (κ3) is 4.57. The molecule has 0 spiro atoms. The highest BCUT2D eigenvalue weighted by Crippen LogP contribution is 2.34. The summed E-state index contributed by atoms with van der Waals surface area (Å²) in [6.07, 6.45) is 2.52. The highest BCUT2D eigenvalue weighted by Gasteiger charge is 2.26. The van der Waals surface area contributed by atoms with E-state index in [1.165, 1.54) is 16.7 Å². The predicted molar refractivity (Wildman–Crippen MR) is 133 cm³/mol. The van der Waals surface area contributed by atoms with Crippen LogP contribution in [-0.2, 0) is 26.1 Å². The number of methoxy groups -OCH3 is 1. The molecular formula is C29H30N2O2. The summed E-state index contributed by atoms with van der Waals surface area (Å²) in [5.41, 5.74) is 5.83. The number of nitrogens with zero attached hydrogens (tertiary/aromatic N) is 2. The SMILES string of the molecule is COc1ccc2c(c1)c1c(n2CCN(Cc2ccccc2)Cc2ccccc2)C(=O)CCC1. The van der Waals surface area contributed by atoms with Gasteiger partial charge in [-0.3, -0.25) is 9.69 Å². The van der Waals surface area contributed by atoms with Gasteiger partial charge in [0, 0.05) is 43.5 Å². The van der Waals surface area contributed by atoms with Crippen LogP contribution in [0.4, 0.5) is 0 Å². The topological polar surface area (TPSA) is 34.5 Å². The monoisotopic (exact) mass is 438 g/mol. The first kappa shape index (κ1) is 21.5. The van der Waals surface area contributed by atoms with Gasteiger partial charge in [-0.1, -0.05) is 60.7 Å². The molecule has 0 atom stereocenters. The number of ketones is 1. The smallest absolute Gasteiger partial charge is 0.179 e. The van der Waals surface area contributed by atoms with Crippen molar-refractivity contribution in [3.63, 3.8) is 0 Å². The van der Waals surface area contributed by atoms with E-state index in [2.05, 4.69) is 82.3 Å². The number of hydrogen-bond acceptors (Lipinski definition) is 3. The molecule has 0 radical (unpaired) electrons. The van der Waals surface area contributed by atoms with E-state index in [1.54, 1.807) is 7.11 Å². The van der Waals surface area contributed by atoms with Crippen molar-refractivity contribution in [1.82, 2.24) is 9.47 Å². The fourth-order valence-electron chi connectivity index (χ4n) is 5.02. The van der Waals surface area contributed by atoms with Crippen molar-refractivity contribution in [1.29, 1.82) is 0 Å². The Morgan fingerprint density at radius 1 is 0.879 bits per heavy atom. The second kappa shape index (κ2) is 9.63. The molecule has 4 nitrogen and oxygen atoms in total. The van der Waals surface area contributed by atoms with E-state index in [-0.39, 0.29) is 5.78 Å². The van der Waals surface area contributed by atoms with Crippen LogP contribution in [0.1, 0.15) is 40.0 Å². The second-order valence-corrected chi connectivity index (χ2v) is 8.82. The van der Waals surface area contributed by atoms with Crippen LogP contribution < -0.4 is 4.74 Å². The minimum absolute atomic E-state index is 0.268. The van der Waals surface area contributed by atoms with E-state index < -0.39 is 0 Å². The molecule has 1 aromatic heterocycles. The number of benzene rings is 3. The fraction of sp³-hybridized carbons (Fsp3) is 0.276. The molecule has 5 rings (SSSR count). The van der Waals surface area contributed by atoms with Gasteiger partial charge in [0.25, 0.3) is 0 Å². The molecule has 1 aliphatic rings. The summed E-state index contributed by atoms with van der Waals surface area (Å²) in [6.45, 7) is 3.39. The zero-order chi connectivity index (χ0) is 22.6. The zero-order valence-electron chi connectivity index (χ0n) is 19.2. The van der Waals surface area contributed by atoms with Crippen molar-refractivity contribution in [2.75, 3.05) is 13.7 Å². The third-order valence-corrected chi connectivity index (χ3v) is 6.61. The third-order valence-electron chi connectivity index (χ3n) is 6.61. The van der Waals surface area contributed by atoms with E-state index >= 15 is 0 Å². The number of rotatable bonds is 8. The lowest BCUT2D eigenvalue weighted by atomic mass is 9.94. The Morgan fingerprint density at radius 2 is 1.55 bits per heavy atom. The molecule has 0 bridgehead atoms. The van der Waals surface area contributed by atoms with Crippen LogP contribution in [0, 0.1) is 0 Å². The number of hydrogen-bond donors (Lipinski definition) is 0. The van der Waals surface area contributed by atoms with Crippen molar-refractivity contribution in [3.8, 4) is 5.75 Å². The van der Waals surface area contributed by atoms with Gasteiger partial charge in [-0.05, 0) is 47.7 Å². The van der Waals surface area contributed by atoms with E-state index in [0.29, 0.717) is 6.42 Å². The minimum atomic E-state index is 0.268. The fourth-order valence-corrected chi connectivity index (χ4v) is 5.02. The minimum Gasteiger partial charge on any atom is -0.497 e. The van der Waals surface area contributed by atoms with E-state index in [1.807, 2.05) is 6.07 Å². The van der Waals surface area contributed by atoms with Gasteiger partial charge >= 0.3 is 0 Å². The number of carbonyl (C=O) groups is 1. The van der Waals surface area contributed by atoms with E-state index in [4.69, 9.17) is 4.74 Å². The Bertz CT molecular complexity index is 1200. The highest BCUT2D eigenvalue weighted by atomic mass is 16.5. The van der Waals surface area contributed by atoms with Crippen LogP contribution in [0.2, 0.25) is 0 Å². The molecule has 1 aliphatic carbocycles. The standard InChI is InChI=1S/C29H30N2O2/c1-33-24-15-16-27-26(19-24)25-13-8-14-28(32)29(25)31(27)18-17-30(20-22-9-4-2-5-10-22)21-23-11-6-3-7-12-23/h2-7,9-12,15-16,19H,8,13-14,17-18,20-21H2,1H3. The molecule has 0 unspecified atom stereocenters. The lowest BCUT2D eigenvalue weighted by molar-refractivity contribution is 0.0962. The highest BCUT2D eigenvalue weighted by molar-refractivity contribution is 6.04. The molecule has 4 aromatic rings. The summed E-state index contributed by atoms with van der Waals surface area (Å²) in [4.78, 5) is 15.5. The van der Waals surface area contributed by atoms with Crippen LogP contribution in [0.25, 0.3) is 10.9 Å². The first-order valence-electron chi connectivity index (χ1n) is 11.8. The van der Waals surface area contributed by atoms with Crippen LogP contribution in [0.15, 0.2) is 78.9 Å². The molecule has 0 saturated heterocycles. The summed E-state index contributed by atoms with van der Waals surface area (Å²) in [5.74, 6) is 1.11. The molecule has 168 valence electrons. The summed E-state index contributed by atoms with van der Waals surface area (Å²) in [6, 6.07) is 27.4. The Kier molecular flexibility index (Phi) is 6.27. The van der Waals surface area contributed by atoms with Crippen molar-refractivity contribution in [2.45, 2.75) is 38.9 Å². The largest absolute Gasteiger partial charge is 0.497 e. The number of fused-ring (bicyclic) bond motifs is 3. The lowest BCUT2D eigenvalue weighted by Crippen LogP contribution is -2.28. The summed E-state index contributed by atoms with van der Waals surface area (Å²) >= 11 is 0. The molecule has 3 aromatic carbocycles. The molecule has 0 aliphatic heterocycles. The van der Waals surface area contributed by atoms with Crippen LogP contribution in [0.3, 0.4) is 0 Å². The van der Waals surface area contributed by atoms with Gasteiger partial charge in [0.1, 0.15) is 5.75 Å². The molecule has 33 heavy (non-hydrogen) atoms. The Labute approximate surface area is 195 Å². The van der Waals surface area contributed by atoms with Gasteiger partial charge in [-0.25, -0.2) is 0 Å². The predicted octanol–water partition coefficient (Wildman–Crippen LogP) is 5.87. The number of ether oxygens (including phenoxy) is 1.